The van der Waals surface area contributed by atoms with Crippen LogP contribution >= 0.6 is 0 Å². The normalized spacial score (nSPS) is 20.1. The number of benzene rings is 3. The largest absolute Gasteiger partial charge is 0.463 e. The number of hydrogen-bond donors (Lipinski definition) is 1. The minimum atomic E-state index is -0.865. The number of para-hydroxylation sites is 1. The van der Waals surface area contributed by atoms with Gasteiger partial charge in [0.2, 0.25) is 11.6 Å². The highest BCUT2D eigenvalue weighted by atomic mass is 16.5. The minimum Gasteiger partial charge on any atom is -0.463 e. The molecule has 5 heteroatoms. The number of nitriles is 1. The van der Waals surface area contributed by atoms with Crippen molar-refractivity contribution in [2.45, 2.75) is 25.0 Å². The zero-order valence-electron chi connectivity index (χ0n) is 17.6. The van der Waals surface area contributed by atoms with Gasteiger partial charge in [-0.05, 0) is 54.5 Å². The quantitative estimate of drug-likeness (QED) is 0.652. The van der Waals surface area contributed by atoms with Crippen LogP contribution in [0, 0.1) is 11.3 Å². The van der Waals surface area contributed by atoms with Crippen LogP contribution in [0.25, 0.3) is 16.8 Å². The van der Waals surface area contributed by atoms with Gasteiger partial charge in [0.05, 0.1) is 11.5 Å². The van der Waals surface area contributed by atoms with Crippen molar-refractivity contribution in [2.75, 3.05) is 18.0 Å². The maximum Gasteiger partial charge on any atom is 0.240 e. The molecule has 0 bridgehead atoms. The first-order chi connectivity index (χ1) is 15.0. The average Bonchev–Trinajstić information content (AvgIpc) is 2.96. The van der Waals surface area contributed by atoms with Crippen LogP contribution in [0.5, 0.6) is 5.75 Å². The van der Waals surface area contributed by atoms with Gasteiger partial charge in [-0.1, -0.05) is 48.5 Å². The molecule has 1 N–H and O–H groups in total. The van der Waals surface area contributed by atoms with Crippen LogP contribution < -0.4 is 15.0 Å². The van der Waals surface area contributed by atoms with Crippen LogP contribution in [-0.2, 0) is 10.2 Å². The van der Waals surface area contributed by atoms with Crippen LogP contribution in [0.1, 0.15) is 25.0 Å². The first-order valence-corrected chi connectivity index (χ1v) is 10.4. The number of fused-ring (bicyclic) bond motifs is 4. The Morgan fingerprint density at radius 1 is 1.10 bits per heavy atom. The van der Waals surface area contributed by atoms with E-state index >= 15 is 0 Å². The second-order valence-corrected chi connectivity index (χ2v) is 8.49. The van der Waals surface area contributed by atoms with Crippen molar-refractivity contribution < 1.29 is 9.53 Å². The molecule has 0 radical (unpaired) electrons. The number of nitrogens with zero attached hydrogens (tertiary/aromatic N) is 2. The Morgan fingerprint density at radius 3 is 2.71 bits per heavy atom. The van der Waals surface area contributed by atoms with E-state index in [1.165, 1.54) is 0 Å². The lowest BCUT2D eigenvalue weighted by Gasteiger charge is -2.47. The molecule has 0 fully saturated rings. The van der Waals surface area contributed by atoms with Crippen molar-refractivity contribution >= 4 is 28.4 Å². The molecule has 0 aromatic heterocycles. The predicted octanol–water partition coefficient (Wildman–Crippen LogP) is 4.38. The maximum atomic E-state index is 12.6. The SMILES string of the molecule is CC1(C)c2ccccc2N(CC(=O)NCC#N)[C@@]12C=Cc1c(ccc3ccccc13)O2. The summed E-state index contributed by atoms with van der Waals surface area (Å²) in [5.41, 5.74) is 1.85. The lowest BCUT2D eigenvalue weighted by atomic mass is 9.76. The number of hydrogen-bond acceptors (Lipinski definition) is 4. The van der Waals surface area contributed by atoms with Gasteiger partial charge in [-0.15, -0.1) is 0 Å². The fourth-order valence-electron chi connectivity index (χ4n) is 4.90. The van der Waals surface area contributed by atoms with E-state index in [4.69, 9.17) is 10.00 Å². The summed E-state index contributed by atoms with van der Waals surface area (Å²) in [6, 6.07) is 22.4. The zero-order valence-corrected chi connectivity index (χ0v) is 17.6. The van der Waals surface area contributed by atoms with Gasteiger partial charge in [-0.2, -0.15) is 5.26 Å². The molecule has 0 saturated heterocycles. The lowest BCUT2D eigenvalue weighted by molar-refractivity contribution is -0.120. The highest BCUT2D eigenvalue weighted by molar-refractivity contribution is 5.94. The first kappa shape index (κ1) is 19.2. The van der Waals surface area contributed by atoms with Crippen molar-refractivity contribution in [2.24, 2.45) is 0 Å². The molecule has 31 heavy (non-hydrogen) atoms. The standard InChI is InChI=1S/C26H23N3O2/c1-25(2)21-9-5-6-10-22(21)29(17-24(30)28-16-15-27)26(25)14-13-20-19-8-4-3-7-18(19)11-12-23(20)31-26/h3-14H,16-17H2,1-2H3,(H,28,30)/t26-/m1/s1. The second-order valence-electron chi connectivity index (χ2n) is 8.49. The Morgan fingerprint density at radius 2 is 1.87 bits per heavy atom. The minimum absolute atomic E-state index is 0.0176. The van der Waals surface area contributed by atoms with Crippen molar-refractivity contribution in [3.63, 3.8) is 0 Å². The molecule has 3 aromatic rings. The van der Waals surface area contributed by atoms with E-state index in [9.17, 15) is 4.79 Å². The molecule has 154 valence electrons. The summed E-state index contributed by atoms with van der Waals surface area (Å²) in [7, 11) is 0. The molecule has 3 aromatic carbocycles. The van der Waals surface area contributed by atoms with Crippen molar-refractivity contribution in [3.8, 4) is 11.8 Å². The molecular weight excluding hydrogens is 386 g/mol. The predicted molar refractivity (Wildman–Crippen MR) is 122 cm³/mol. The number of rotatable bonds is 3. The molecule has 1 atom stereocenters. The van der Waals surface area contributed by atoms with Crippen LogP contribution in [-0.4, -0.2) is 24.7 Å². The number of amides is 1. The Bertz CT molecular complexity index is 1270. The molecule has 0 aliphatic carbocycles. The van der Waals surface area contributed by atoms with E-state index in [2.05, 4.69) is 55.6 Å². The third kappa shape index (κ3) is 2.72. The molecule has 0 saturated carbocycles. The molecular formula is C26H23N3O2. The topological polar surface area (TPSA) is 65.4 Å². The summed E-state index contributed by atoms with van der Waals surface area (Å²) in [5.74, 6) is 0.583. The maximum absolute atomic E-state index is 12.6. The highest BCUT2D eigenvalue weighted by Crippen LogP contribution is 2.55. The first-order valence-electron chi connectivity index (χ1n) is 10.4. The zero-order chi connectivity index (χ0) is 21.6. The molecule has 2 aliphatic heterocycles. The van der Waals surface area contributed by atoms with Gasteiger partial charge >= 0.3 is 0 Å². The van der Waals surface area contributed by atoms with Gasteiger partial charge in [0.1, 0.15) is 18.8 Å². The Hall–Kier alpha value is -3.78. The van der Waals surface area contributed by atoms with Crippen LogP contribution in [0.4, 0.5) is 5.69 Å². The van der Waals surface area contributed by atoms with E-state index in [1.54, 1.807) is 0 Å². The number of nitrogens with one attached hydrogen (secondary N) is 1. The highest BCUT2D eigenvalue weighted by Gasteiger charge is 2.59. The van der Waals surface area contributed by atoms with E-state index in [0.29, 0.717) is 0 Å². The Kier molecular flexibility index (Phi) is 4.26. The van der Waals surface area contributed by atoms with Gasteiger partial charge in [0, 0.05) is 11.3 Å². The molecule has 1 spiro atoms. The van der Waals surface area contributed by atoms with Gasteiger partial charge in [-0.25, -0.2) is 0 Å². The fraction of sp³-hybridized carbons (Fsp3) is 0.231. The summed E-state index contributed by atoms with van der Waals surface area (Å²) in [6.07, 6.45) is 4.20. The number of carbonyl (C=O) groups excluding carboxylic acids is 1. The number of ether oxygens (including phenoxy) is 1. The summed E-state index contributed by atoms with van der Waals surface area (Å²) in [5, 5.41) is 13.8. The molecule has 2 heterocycles. The molecule has 0 unspecified atom stereocenters. The van der Waals surface area contributed by atoms with Crippen molar-refractivity contribution in [3.05, 3.63) is 77.9 Å². The summed E-state index contributed by atoms with van der Waals surface area (Å²) in [6.45, 7) is 4.37. The van der Waals surface area contributed by atoms with Gasteiger partial charge < -0.3 is 15.0 Å². The van der Waals surface area contributed by atoms with E-state index < -0.39 is 11.1 Å². The molecule has 2 aliphatic rings. The lowest BCUT2D eigenvalue weighted by Crippen LogP contribution is -2.61. The van der Waals surface area contributed by atoms with Crippen molar-refractivity contribution in [1.29, 1.82) is 5.26 Å². The monoisotopic (exact) mass is 409 g/mol. The number of carbonyl (C=O) groups is 1. The van der Waals surface area contributed by atoms with E-state index in [1.807, 2.05) is 47.4 Å². The van der Waals surface area contributed by atoms with Crippen LogP contribution in [0.3, 0.4) is 0 Å². The van der Waals surface area contributed by atoms with E-state index in [0.717, 1.165) is 33.3 Å². The summed E-state index contributed by atoms with van der Waals surface area (Å²) >= 11 is 0. The Labute approximate surface area is 181 Å². The molecule has 1 amide bonds. The second kappa shape index (κ2) is 6.88. The molecule has 5 rings (SSSR count). The van der Waals surface area contributed by atoms with E-state index in [-0.39, 0.29) is 19.0 Å². The smallest absolute Gasteiger partial charge is 0.240 e. The summed E-state index contributed by atoms with van der Waals surface area (Å²) in [4.78, 5) is 14.7. The van der Waals surface area contributed by atoms with Gasteiger partial charge in [0.25, 0.3) is 0 Å². The van der Waals surface area contributed by atoms with Gasteiger partial charge in [-0.3, -0.25) is 4.79 Å². The molecule has 5 nitrogen and oxygen atoms in total. The van der Waals surface area contributed by atoms with Gasteiger partial charge in [0.15, 0.2) is 0 Å². The van der Waals surface area contributed by atoms with Crippen molar-refractivity contribution in [1.82, 2.24) is 5.32 Å². The average molecular weight is 409 g/mol. The summed E-state index contributed by atoms with van der Waals surface area (Å²) < 4.78 is 6.80. The fourth-order valence-corrected chi connectivity index (χ4v) is 4.90. The third-order valence-corrected chi connectivity index (χ3v) is 6.50. The Balaban J connectivity index is 1.64. The number of anilines is 1. The van der Waals surface area contributed by atoms with Crippen LogP contribution in [0.15, 0.2) is 66.7 Å². The van der Waals surface area contributed by atoms with Crippen LogP contribution in [0.2, 0.25) is 0 Å². The third-order valence-electron chi connectivity index (χ3n) is 6.50.